The Balaban J connectivity index is 3.44. The van der Waals surface area contributed by atoms with Crippen molar-refractivity contribution in [3.05, 3.63) is 22.2 Å². The normalized spacial score (nSPS) is 11.7. The lowest BCUT2D eigenvalue weighted by Crippen LogP contribution is -2.45. The van der Waals surface area contributed by atoms with E-state index in [0.717, 1.165) is 4.57 Å². The van der Waals surface area contributed by atoms with Crippen molar-refractivity contribution >= 4 is 24.0 Å². The van der Waals surface area contributed by atoms with Crippen LogP contribution in [0.3, 0.4) is 0 Å². The zero-order chi connectivity index (χ0) is 21.2. The first-order valence-corrected chi connectivity index (χ1v) is 8.16. The number of aliphatic carboxylic acids is 1. The van der Waals surface area contributed by atoms with Crippen LogP contribution < -0.4 is 10.6 Å². The smallest absolute Gasteiger partial charge is 0.425 e. The molecule has 27 heavy (non-hydrogen) atoms. The Labute approximate surface area is 156 Å². The average Bonchev–Trinajstić information content (AvgIpc) is 2.39. The van der Waals surface area contributed by atoms with Crippen molar-refractivity contribution in [1.82, 2.24) is 9.55 Å². The molecule has 0 fully saturated rings. The van der Waals surface area contributed by atoms with Gasteiger partial charge in [-0.1, -0.05) is 0 Å². The lowest BCUT2D eigenvalue weighted by molar-refractivity contribution is -0.137. The Hall–Kier alpha value is -2.91. The third-order valence-electron chi connectivity index (χ3n) is 2.82. The van der Waals surface area contributed by atoms with Crippen molar-refractivity contribution in [1.29, 1.82) is 0 Å². The summed E-state index contributed by atoms with van der Waals surface area (Å²) in [6.45, 7) is 10.6. The van der Waals surface area contributed by atoms with Gasteiger partial charge >= 0.3 is 23.8 Å². The van der Waals surface area contributed by atoms with Crippen LogP contribution in [0, 0.1) is 6.92 Å². The summed E-state index contributed by atoms with van der Waals surface area (Å²) in [6, 6.07) is 0. The maximum atomic E-state index is 12.6. The van der Waals surface area contributed by atoms with Gasteiger partial charge in [0.1, 0.15) is 17.7 Å². The van der Waals surface area contributed by atoms with Gasteiger partial charge in [-0.2, -0.15) is 9.88 Å². The summed E-state index contributed by atoms with van der Waals surface area (Å²) in [5, 5.41) is 8.85. The van der Waals surface area contributed by atoms with Gasteiger partial charge < -0.3 is 14.6 Å². The molecule has 0 atom stereocenters. The van der Waals surface area contributed by atoms with Crippen LogP contribution >= 0.6 is 0 Å². The summed E-state index contributed by atoms with van der Waals surface area (Å²) in [7, 11) is 0. The van der Waals surface area contributed by atoms with Gasteiger partial charge in [-0.15, -0.1) is 0 Å². The number of carbonyl (C=O) groups excluding carboxylic acids is 2. The highest BCUT2D eigenvalue weighted by Crippen LogP contribution is 2.22. The van der Waals surface area contributed by atoms with Crippen molar-refractivity contribution in [3.63, 3.8) is 0 Å². The molecule has 0 saturated carbocycles. The number of amides is 2. The molecular weight excluding hydrogens is 358 g/mol. The van der Waals surface area contributed by atoms with Crippen LogP contribution in [0.1, 0.15) is 47.1 Å². The summed E-state index contributed by atoms with van der Waals surface area (Å²) in [5.74, 6) is -1.52. The number of carboxylic acids is 1. The fourth-order valence-electron chi connectivity index (χ4n) is 1.94. The molecule has 0 spiro atoms. The van der Waals surface area contributed by atoms with E-state index in [-0.39, 0.29) is 11.4 Å². The number of aryl methyl sites for hydroxylation is 1. The van der Waals surface area contributed by atoms with E-state index in [2.05, 4.69) is 4.98 Å². The zero-order valence-corrected chi connectivity index (χ0v) is 16.5. The molecule has 0 aliphatic rings. The number of rotatable bonds is 3. The summed E-state index contributed by atoms with van der Waals surface area (Å²) in [4.78, 5) is 52.3. The molecule has 150 valence electrons. The van der Waals surface area contributed by atoms with Crippen LogP contribution in [-0.2, 0) is 20.8 Å². The van der Waals surface area contributed by atoms with Gasteiger partial charge in [0.25, 0.3) is 0 Å². The number of anilines is 1. The van der Waals surface area contributed by atoms with E-state index in [1.54, 1.807) is 41.5 Å². The van der Waals surface area contributed by atoms with Crippen LogP contribution in [0.25, 0.3) is 0 Å². The van der Waals surface area contributed by atoms with Crippen LogP contribution in [0.15, 0.2) is 11.0 Å². The Morgan fingerprint density at radius 3 is 1.89 bits per heavy atom. The third kappa shape index (κ3) is 6.72. The van der Waals surface area contributed by atoms with E-state index in [4.69, 9.17) is 14.6 Å². The molecule has 1 N–H and O–H groups in total. The molecule has 0 radical (unpaired) electrons. The van der Waals surface area contributed by atoms with Gasteiger partial charge in [0, 0.05) is 11.8 Å². The molecule has 10 nitrogen and oxygen atoms in total. The van der Waals surface area contributed by atoms with Gasteiger partial charge in [-0.25, -0.2) is 14.4 Å². The first-order chi connectivity index (χ1) is 12.1. The van der Waals surface area contributed by atoms with Gasteiger partial charge in [0.05, 0.1) is 0 Å². The number of carboxylic acid groups (broad SMARTS) is 1. The second-order valence-corrected chi connectivity index (χ2v) is 7.85. The van der Waals surface area contributed by atoms with Crippen molar-refractivity contribution < 1.29 is 29.0 Å². The highest BCUT2D eigenvalue weighted by atomic mass is 16.6. The lowest BCUT2D eigenvalue weighted by Gasteiger charge is -2.28. The number of aromatic nitrogens is 2. The van der Waals surface area contributed by atoms with Crippen LogP contribution in [0.2, 0.25) is 0 Å². The molecule has 1 heterocycles. The summed E-state index contributed by atoms with van der Waals surface area (Å²) < 4.78 is 11.3. The molecule has 0 saturated heterocycles. The van der Waals surface area contributed by atoms with E-state index in [1.807, 2.05) is 0 Å². The molecular formula is C17H25N3O7. The Morgan fingerprint density at radius 1 is 1.07 bits per heavy atom. The first-order valence-electron chi connectivity index (χ1n) is 8.16. The average molecular weight is 383 g/mol. The molecule has 1 aromatic rings. The second kappa shape index (κ2) is 7.77. The Morgan fingerprint density at radius 2 is 1.52 bits per heavy atom. The predicted molar refractivity (Wildman–Crippen MR) is 95.8 cm³/mol. The maximum Gasteiger partial charge on any atom is 0.425 e. The Kier molecular flexibility index (Phi) is 6.37. The van der Waals surface area contributed by atoms with E-state index in [9.17, 15) is 19.2 Å². The van der Waals surface area contributed by atoms with Gasteiger partial charge in [-0.05, 0) is 48.5 Å². The fraction of sp³-hybridized carbons (Fsp3) is 0.588. The summed E-state index contributed by atoms with van der Waals surface area (Å²) in [5.41, 5.74) is -2.55. The van der Waals surface area contributed by atoms with E-state index >= 15 is 0 Å². The molecule has 0 bridgehead atoms. The minimum absolute atomic E-state index is 0.215. The molecule has 1 aromatic heterocycles. The zero-order valence-electron chi connectivity index (χ0n) is 16.5. The topological polar surface area (TPSA) is 128 Å². The highest BCUT2D eigenvalue weighted by Gasteiger charge is 2.35. The number of imide groups is 1. The molecule has 0 aliphatic heterocycles. The summed E-state index contributed by atoms with van der Waals surface area (Å²) >= 11 is 0. The highest BCUT2D eigenvalue weighted by molar-refractivity contribution is 6.09. The largest absolute Gasteiger partial charge is 0.480 e. The van der Waals surface area contributed by atoms with E-state index in [0.29, 0.717) is 4.90 Å². The predicted octanol–water partition coefficient (Wildman–Crippen LogP) is 2.31. The van der Waals surface area contributed by atoms with E-state index in [1.165, 1.54) is 13.1 Å². The minimum atomic E-state index is -1.23. The SMILES string of the molecule is Cc1cn(CC(=O)O)c(=O)nc1N(C(=O)OC(C)(C)C)C(=O)OC(C)(C)C. The number of carbonyl (C=O) groups is 3. The van der Waals surface area contributed by atoms with Crippen molar-refractivity contribution in [2.24, 2.45) is 0 Å². The first kappa shape index (κ1) is 22.1. The number of nitrogens with zero attached hydrogens (tertiary/aromatic N) is 3. The maximum absolute atomic E-state index is 12.6. The minimum Gasteiger partial charge on any atom is -0.480 e. The second-order valence-electron chi connectivity index (χ2n) is 7.85. The standard InChI is InChI=1S/C17H25N3O7/c1-10-8-19(9-11(21)22)13(23)18-12(10)20(14(24)26-16(2,3)4)15(25)27-17(5,6)7/h8H,9H2,1-7H3,(H,21,22). The monoisotopic (exact) mass is 383 g/mol. The molecule has 0 aromatic carbocycles. The third-order valence-corrected chi connectivity index (χ3v) is 2.82. The number of hydrogen-bond acceptors (Lipinski definition) is 7. The van der Waals surface area contributed by atoms with Gasteiger partial charge in [0.2, 0.25) is 0 Å². The van der Waals surface area contributed by atoms with E-state index < -0.39 is 41.6 Å². The fourth-order valence-corrected chi connectivity index (χ4v) is 1.94. The summed E-state index contributed by atoms with van der Waals surface area (Å²) in [6.07, 6.45) is -0.939. The molecule has 2 amide bonds. The van der Waals surface area contributed by atoms with Crippen molar-refractivity contribution in [2.45, 2.75) is 66.2 Å². The quantitative estimate of drug-likeness (QED) is 0.842. The molecule has 0 unspecified atom stereocenters. The Bertz CT molecular complexity index is 772. The lowest BCUT2D eigenvalue weighted by atomic mass is 10.2. The van der Waals surface area contributed by atoms with Gasteiger partial charge in [-0.3, -0.25) is 9.36 Å². The molecule has 0 aliphatic carbocycles. The van der Waals surface area contributed by atoms with Crippen molar-refractivity contribution in [2.75, 3.05) is 4.90 Å². The van der Waals surface area contributed by atoms with Crippen molar-refractivity contribution in [3.8, 4) is 0 Å². The van der Waals surface area contributed by atoms with Crippen LogP contribution in [0.5, 0.6) is 0 Å². The van der Waals surface area contributed by atoms with Crippen LogP contribution in [-0.4, -0.2) is 44.0 Å². The van der Waals surface area contributed by atoms with Crippen LogP contribution in [0.4, 0.5) is 15.4 Å². The number of hydrogen-bond donors (Lipinski definition) is 1. The molecule has 1 rings (SSSR count). The van der Waals surface area contributed by atoms with Gasteiger partial charge in [0.15, 0.2) is 5.82 Å². The number of ether oxygens (including phenoxy) is 2. The molecule has 10 heteroatoms.